The van der Waals surface area contributed by atoms with Crippen molar-refractivity contribution in [1.82, 2.24) is 9.97 Å². The lowest BCUT2D eigenvalue weighted by molar-refractivity contribution is -0.137. The molecule has 0 fully saturated rings. The maximum absolute atomic E-state index is 13.6. The molecule has 0 spiro atoms. The van der Waals surface area contributed by atoms with Gasteiger partial charge in [-0.3, -0.25) is 4.79 Å². The molecular formula is C18H16F4N4O. The molecule has 3 rings (SSSR count). The van der Waals surface area contributed by atoms with Crippen LogP contribution in [0.25, 0.3) is 11.0 Å². The number of imidazole rings is 1. The van der Waals surface area contributed by atoms with Crippen LogP contribution in [0.15, 0.2) is 36.4 Å². The second-order valence-corrected chi connectivity index (χ2v) is 6.11. The van der Waals surface area contributed by atoms with Gasteiger partial charge in [0, 0.05) is 6.92 Å². The third kappa shape index (κ3) is 4.18. The molecule has 0 radical (unpaired) electrons. The van der Waals surface area contributed by atoms with Gasteiger partial charge < -0.3 is 15.6 Å². The molecule has 27 heavy (non-hydrogen) atoms. The Kier molecular flexibility index (Phi) is 4.77. The van der Waals surface area contributed by atoms with Crippen molar-refractivity contribution in [3.63, 3.8) is 0 Å². The number of carbonyl (C=O) groups is 1. The Morgan fingerprint density at radius 2 is 1.96 bits per heavy atom. The highest BCUT2D eigenvalue weighted by Crippen LogP contribution is 2.32. The Hall–Kier alpha value is -3.10. The number of aromatic amines is 1. The highest BCUT2D eigenvalue weighted by atomic mass is 19.4. The van der Waals surface area contributed by atoms with Crippen LogP contribution >= 0.6 is 0 Å². The number of halogens is 4. The van der Waals surface area contributed by atoms with Gasteiger partial charge in [-0.15, -0.1) is 0 Å². The Balaban J connectivity index is 1.89. The molecule has 1 amide bonds. The SMILES string of the molecule is CC(=O)Nc1cccc2[nH]c(NC(C)c3cc(F)cc(C(F)(F)F)c3)nc12. The number of nitrogens with zero attached hydrogens (tertiary/aromatic N) is 1. The zero-order valence-electron chi connectivity index (χ0n) is 14.4. The summed E-state index contributed by atoms with van der Waals surface area (Å²) in [5.41, 5.74) is 0.708. The van der Waals surface area contributed by atoms with Crippen LogP contribution in [0.5, 0.6) is 0 Å². The van der Waals surface area contributed by atoms with E-state index in [-0.39, 0.29) is 17.4 Å². The number of fused-ring (bicyclic) bond motifs is 1. The van der Waals surface area contributed by atoms with Crippen LogP contribution in [0.1, 0.15) is 31.0 Å². The number of amides is 1. The van der Waals surface area contributed by atoms with Crippen LogP contribution in [-0.4, -0.2) is 15.9 Å². The minimum atomic E-state index is -4.64. The summed E-state index contributed by atoms with van der Waals surface area (Å²) in [5, 5.41) is 5.57. The van der Waals surface area contributed by atoms with Crippen molar-refractivity contribution in [2.45, 2.75) is 26.1 Å². The van der Waals surface area contributed by atoms with Gasteiger partial charge in [0.25, 0.3) is 0 Å². The van der Waals surface area contributed by atoms with Crippen molar-refractivity contribution in [1.29, 1.82) is 0 Å². The lowest BCUT2D eigenvalue weighted by Crippen LogP contribution is -2.11. The Morgan fingerprint density at radius 1 is 1.22 bits per heavy atom. The van der Waals surface area contributed by atoms with Crippen molar-refractivity contribution in [3.05, 3.63) is 53.3 Å². The smallest absolute Gasteiger partial charge is 0.349 e. The zero-order valence-corrected chi connectivity index (χ0v) is 14.4. The van der Waals surface area contributed by atoms with E-state index in [0.717, 1.165) is 12.1 Å². The van der Waals surface area contributed by atoms with Gasteiger partial charge in [0.05, 0.1) is 22.8 Å². The minimum absolute atomic E-state index is 0.130. The normalized spacial score (nSPS) is 12.8. The number of anilines is 2. The van der Waals surface area contributed by atoms with E-state index in [0.29, 0.717) is 22.8 Å². The molecular weight excluding hydrogens is 364 g/mol. The molecule has 1 unspecified atom stereocenters. The molecule has 3 aromatic rings. The third-order valence-corrected chi connectivity index (χ3v) is 3.92. The topological polar surface area (TPSA) is 69.8 Å². The molecule has 3 N–H and O–H groups in total. The van der Waals surface area contributed by atoms with E-state index in [1.54, 1.807) is 25.1 Å². The van der Waals surface area contributed by atoms with Crippen molar-refractivity contribution in [3.8, 4) is 0 Å². The summed E-state index contributed by atoms with van der Waals surface area (Å²) in [6, 6.07) is 6.89. The Morgan fingerprint density at radius 3 is 2.63 bits per heavy atom. The first-order valence-corrected chi connectivity index (χ1v) is 8.04. The lowest BCUT2D eigenvalue weighted by atomic mass is 10.0. The average molecular weight is 380 g/mol. The molecule has 2 aromatic carbocycles. The predicted octanol–water partition coefficient (Wildman–Crippen LogP) is 4.85. The quantitative estimate of drug-likeness (QED) is 0.567. The number of rotatable bonds is 4. The molecule has 1 aromatic heterocycles. The van der Waals surface area contributed by atoms with Gasteiger partial charge >= 0.3 is 6.18 Å². The molecule has 0 bridgehead atoms. The molecule has 0 aliphatic heterocycles. The largest absolute Gasteiger partial charge is 0.416 e. The first-order chi connectivity index (χ1) is 12.6. The number of alkyl halides is 3. The van der Waals surface area contributed by atoms with Crippen LogP contribution in [0.3, 0.4) is 0 Å². The highest BCUT2D eigenvalue weighted by Gasteiger charge is 2.31. The van der Waals surface area contributed by atoms with E-state index in [2.05, 4.69) is 20.6 Å². The number of benzene rings is 2. The first-order valence-electron chi connectivity index (χ1n) is 8.04. The number of H-pyrrole nitrogens is 1. The average Bonchev–Trinajstić information content (AvgIpc) is 2.96. The van der Waals surface area contributed by atoms with Gasteiger partial charge in [0.2, 0.25) is 11.9 Å². The van der Waals surface area contributed by atoms with Crippen LogP contribution in [0.4, 0.5) is 29.2 Å². The summed E-state index contributed by atoms with van der Waals surface area (Å²) in [4.78, 5) is 18.6. The predicted molar refractivity (Wildman–Crippen MR) is 93.8 cm³/mol. The van der Waals surface area contributed by atoms with E-state index in [1.807, 2.05) is 0 Å². The van der Waals surface area contributed by atoms with Crippen LogP contribution in [0.2, 0.25) is 0 Å². The number of nitrogens with one attached hydrogen (secondary N) is 3. The van der Waals surface area contributed by atoms with E-state index in [4.69, 9.17) is 0 Å². The second kappa shape index (κ2) is 6.90. The van der Waals surface area contributed by atoms with Crippen LogP contribution in [0, 0.1) is 5.82 Å². The summed E-state index contributed by atoms with van der Waals surface area (Å²) >= 11 is 0. The summed E-state index contributed by atoms with van der Waals surface area (Å²) in [6.45, 7) is 2.96. The molecule has 142 valence electrons. The molecule has 5 nitrogen and oxygen atoms in total. The number of hydrogen-bond donors (Lipinski definition) is 3. The molecule has 0 aliphatic carbocycles. The van der Waals surface area contributed by atoms with Crippen molar-refractivity contribution < 1.29 is 22.4 Å². The summed E-state index contributed by atoms with van der Waals surface area (Å²) in [5.74, 6) is -0.938. The summed E-state index contributed by atoms with van der Waals surface area (Å²) in [7, 11) is 0. The fraction of sp³-hybridized carbons (Fsp3) is 0.222. The second-order valence-electron chi connectivity index (χ2n) is 6.11. The first kappa shape index (κ1) is 18.7. The van der Waals surface area contributed by atoms with Gasteiger partial charge in [-0.1, -0.05) is 6.07 Å². The molecule has 1 atom stereocenters. The summed E-state index contributed by atoms with van der Waals surface area (Å²) in [6.07, 6.45) is -4.64. The van der Waals surface area contributed by atoms with Crippen LogP contribution < -0.4 is 10.6 Å². The molecule has 1 heterocycles. The maximum Gasteiger partial charge on any atom is 0.416 e. The van der Waals surface area contributed by atoms with E-state index >= 15 is 0 Å². The van der Waals surface area contributed by atoms with Gasteiger partial charge in [0.15, 0.2) is 0 Å². The zero-order chi connectivity index (χ0) is 19.8. The number of aromatic nitrogens is 2. The molecule has 9 heteroatoms. The Bertz CT molecular complexity index is 997. The van der Waals surface area contributed by atoms with Gasteiger partial charge in [-0.05, 0) is 42.8 Å². The standard InChI is InChI=1S/C18H16F4N4O/c1-9(11-6-12(18(20,21)22)8-13(19)7-11)23-17-25-15-5-3-4-14(16(15)26-17)24-10(2)27/h3-9H,1-2H3,(H,24,27)(H2,23,25,26). The van der Waals surface area contributed by atoms with Crippen LogP contribution in [-0.2, 0) is 11.0 Å². The molecule has 0 aliphatic rings. The summed E-state index contributed by atoms with van der Waals surface area (Å²) < 4.78 is 52.3. The number of hydrogen-bond acceptors (Lipinski definition) is 3. The fourth-order valence-electron chi connectivity index (χ4n) is 2.71. The van der Waals surface area contributed by atoms with Gasteiger partial charge in [-0.25, -0.2) is 9.37 Å². The number of para-hydroxylation sites is 1. The monoisotopic (exact) mass is 380 g/mol. The Labute approximate surface area is 151 Å². The fourth-order valence-corrected chi connectivity index (χ4v) is 2.71. The van der Waals surface area contributed by atoms with Crippen molar-refractivity contribution in [2.24, 2.45) is 0 Å². The van der Waals surface area contributed by atoms with Gasteiger partial charge in [-0.2, -0.15) is 13.2 Å². The molecule has 0 saturated carbocycles. The van der Waals surface area contributed by atoms with Gasteiger partial charge in [0.1, 0.15) is 11.3 Å². The van der Waals surface area contributed by atoms with Crippen molar-refractivity contribution >= 4 is 28.6 Å². The molecule has 0 saturated heterocycles. The number of carbonyl (C=O) groups excluding carboxylic acids is 1. The lowest BCUT2D eigenvalue weighted by Gasteiger charge is -2.16. The highest BCUT2D eigenvalue weighted by molar-refractivity contribution is 5.99. The van der Waals surface area contributed by atoms with E-state index < -0.39 is 23.6 Å². The van der Waals surface area contributed by atoms with E-state index in [9.17, 15) is 22.4 Å². The van der Waals surface area contributed by atoms with Crippen molar-refractivity contribution in [2.75, 3.05) is 10.6 Å². The maximum atomic E-state index is 13.6. The van der Waals surface area contributed by atoms with E-state index in [1.165, 1.54) is 6.92 Å². The minimum Gasteiger partial charge on any atom is -0.349 e. The third-order valence-electron chi connectivity index (χ3n) is 3.92.